The minimum absolute atomic E-state index is 0.0226. The molecule has 5 rings (SSSR count). The highest BCUT2D eigenvalue weighted by atomic mass is 32.2. The van der Waals surface area contributed by atoms with Gasteiger partial charge < -0.3 is 24.8 Å². The molecule has 4 bridgehead atoms. The van der Waals surface area contributed by atoms with E-state index in [4.69, 9.17) is 9.47 Å². The second kappa shape index (κ2) is 10.6. The van der Waals surface area contributed by atoms with Crippen molar-refractivity contribution in [3.8, 4) is 23.0 Å². The highest BCUT2D eigenvalue weighted by molar-refractivity contribution is 7.90. The van der Waals surface area contributed by atoms with Crippen LogP contribution in [-0.4, -0.2) is 62.7 Å². The second-order valence-corrected chi connectivity index (χ2v) is 12.0. The molecule has 0 radical (unpaired) electrons. The van der Waals surface area contributed by atoms with Crippen LogP contribution in [0.1, 0.15) is 29.0 Å². The molecule has 2 atom stereocenters. The fraction of sp³-hybridized carbons (Fsp3) is 0.310. The fourth-order valence-electron chi connectivity index (χ4n) is 5.09. The number of phenolic OH excluding ortho intramolecular Hbond substituents is 1. The van der Waals surface area contributed by atoms with Crippen LogP contribution < -0.4 is 14.8 Å². The van der Waals surface area contributed by atoms with Crippen LogP contribution in [0.15, 0.2) is 65.6 Å². The number of carbonyl (C=O) groups excluding carboxylic acids is 2. The average molecular weight is 551 g/mol. The van der Waals surface area contributed by atoms with Crippen molar-refractivity contribution in [2.75, 3.05) is 26.5 Å². The zero-order valence-corrected chi connectivity index (χ0v) is 22.5. The lowest BCUT2D eigenvalue weighted by molar-refractivity contribution is -0.130. The Morgan fingerprint density at radius 2 is 1.82 bits per heavy atom. The van der Waals surface area contributed by atoms with Gasteiger partial charge in [0.15, 0.2) is 32.8 Å². The number of nitrogens with zero attached hydrogens (tertiary/aromatic N) is 1. The van der Waals surface area contributed by atoms with E-state index in [1.807, 2.05) is 12.1 Å². The summed E-state index contributed by atoms with van der Waals surface area (Å²) in [7, 11) is -1.79. The van der Waals surface area contributed by atoms with Crippen molar-refractivity contribution in [1.29, 1.82) is 0 Å². The maximum absolute atomic E-state index is 13.3. The number of hydrogen-bond acceptors (Lipinski definition) is 7. The summed E-state index contributed by atoms with van der Waals surface area (Å²) in [5.41, 5.74) is 2.41. The SMILES string of the molecule is COc1ccc2cc1Oc1cc(ccc1O)CCC(=O)N[C@@H]1CN(C(=O)Cc3ccc(S(C)(=O)=O)cc3)C[C@@H]21. The lowest BCUT2D eigenvalue weighted by Gasteiger charge is -2.21. The Morgan fingerprint density at radius 1 is 1.05 bits per heavy atom. The van der Waals surface area contributed by atoms with Crippen LogP contribution >= 0.6 is 0 Å². The zero-order chi connectivity index (χ0) is 27.7. The first-order chi connectivity index (χ1) is 18.6. The van der Waals surface area contributed by atoms with Gasteiger partial charge in [-0.05, 0) is 59.5 Å². The number of phenols is 1. The number of amides is 2. The van der Waals surface area contributed by atoms with Crippen LogP contribution in [-0.2, 0) is 32.3 Å². The highest BCUT2D eigenvalue weighted by Crippen LogP contribution is 2.40. The number of sulfone groups is 1. The first kappa shape index (κ1) is 26.6. The van der Waals surface area contributed by atoms with Crippen LogP contribution in [0.4, 0.5) is 0 Å². The number of carbonyl (C=O) groups is 2. The number of aromatic hydroxyl groups is 1. The Hall–Kier alpha value is -4.05. The van der Waals surface area contributed by atoms with Gasteiger partial charge in [0.05, 0.1) is 24.5 Å². The smallest absolute Gasteiger partial charge is 0.227 e. The second-order valence-electron chi connectivity index (χ2n) is 9.99. The van der Waals surface area contributed by atoms with Gasteiger partial charge in [-0.25, -0.2) is 8.42 Å². The maximum atomic E-state index is 13.3. The standard InChI is InChI=1S/C29H30N2O7S/c1-37-25-11-7-20-15-27(25)38-26-13-18(5-10-24(26)32)6-12-28(33)30-23-17-31(16-22(20)23)29(34)14-19-3-8-21(9-4-19)39(2,35)36/h3-5,7-11,13,15,22-23,32H,6,12,14,16-17H2,1-2H3,(H,30,33)/t22-,23+/m0/s1. The molecule has 3 aromatic rings. The minimum Gasteiger partial charge on any atom is -0.504 e. The molecule has 2 N–H and O–H groups in total. The maximum Gasteiger partial charge on any atom is 0.227 e. The molecule has 1 saturated heterocycles. The third-order valence-corrected chi connectivity index (χ3v) is 8.35. The van der Waals surface area contributed by atoms with Crippen LogP contribution in [0.3, 0.4) is 0 Å². The van der Waals surface area contributed by atoms with Gasteiger partial charge in [0, 0.05) is 31.7 Å². The summed E-state index contributed by atoms with van der Waals surface area (Å²) < 4.78 is 35.1. The molecule has 3 aromatic carbocycles. The summed E-state index contributed by atoms with van der Waals surface area (Å²) >= 11 is 0. The van der Waals surface area contributed by atoms with Gasteiger partial charge in [-0.1, -0.05) is 24.3 Å². The van der Waals surface area contributed by atoms with Crippen molar-refractivity contribution in [2.24, 2.45) is 0 Å². The number of fused-ring (bicyclic) bond motifs is 6. The number of rotatable bonds is 4. The molecule has 39 heavy (non-hydrogen) atoms. The van der Waals surface area contributed by atoms with Crippen LogP contribution in [0, 0.1) is 0 Å². The predicted octanol–water partition coefficient (Wildman–Crippen LogP) is 3.20. The van der Waals surface area contributed by atoms with Gasteiger partial charge in [-0.15, -0.1) is 0 Å². The molecule has 0 aromatic heterocycles. The topological polar surface area (TPSA) is 122 Å². The summed E-state index contributed by atoms with van der Waals surface area (Å²) in [6.07, 6.45) is 1.96. The zero-order valence-electron chi connectivity index (χ0n) is 21.7. The predicted molar refractivity (Wildman–Crippen MR) is 144 cm³/mol. The summed E-state index contributed by atoms with van der Waals surface area (Å²) in [6.45, 7) is 0.726. The van der Waals surface area contributed by atoms with Crippen LogP contribution in [0.25, 0.3) is 0 Å². The molecular weight excluding hydrogens is 520 g/mol. The van der Waals surface area contributed by atoms with E-state index < -0.39 is 9.84 Å². The number of methoxy groups -OCH3 is 1. The number of nitrogens with one attached hydrogen (secondary N) is 1. The Balaban J connectivity index is 1.43. The van der Waals surface area contributed by atoms with E-state index in [-0.39, 0.29) is 53.0 Å². The van der Waals surface area contributed by atoms with Crippen molar-refractivity contribution in [3.05, 3.63) is 77.4 Å². The number of likely N-dealkylation sites (tertiary alicyclic amines) is 1. The van der Waals surface area contributed by atoms with Crippen LogP contribution in [0.2, 0.25) is 0 Å². The van der Waals surface area contributed by atoms with E-state index in [0.29, 0.717) is 36.6 Å². The largest absolute Gasteiger partial charge is 0.504 e. The van der Waals surface area contributed by atoms with E-state index in [0.717, 1.165) is 17.4 Å². The van der Waals surface area contributed by atoms with Gasteiger partial charge >= 0.3 is 0 Å². The molecule has 0 aliphatic carbocycles. The van der Waals surface area contributed by atoms with E-state index in [1.54, 1.807) is 41.3 Å². The third kappa shape index (κ3) is 5.85. The monoisotopic (exact) mass is 550 g/mol. The molecule has 2 amide bonds. The lowest BCUT2D eigenvalue weighted by atomic mass is 9.93. The molecule has 2 aliphatic rings. The lowest BCUT2D eigenvalue weighted by Crippen LogP contribution is -2.40. The number of hydrogen-bond donors (Lipinski definition) is 2. The normalized spacial score (nSPS) is 19.0. The Labute approximate surface area is 227 Å². The van der Waals surface area contributed by atoms with Crippen molar-refractivity contribution in [2.45, 2.75) is 36.1 Å². The number of ether oxygens (including phenoxy) is 2. The van der Waals surface area contributed by atoms with E-state index in [1.165, 1.54) is 19.2 Å². The minimum atomic E-state index is -3.32. The summed E-state index contributed by atoms with van der Waals surface area (Å²) in [6, 6.07) is 16.5. The molecule has 0 unspecified atom stereocenters. The van der Waals surface area contributed by atoms with Gasteiger partial charge in [0.2, 0.25) is 11.8 Å². The molecule has 204 valence electrons. The van der Waals surface area contributed by atoms with Crippen molar-refractivity contribution in [1.82, 2.24) is 10.2 Å². The van der Waals surface area contributed by atoms with Gasteiger partial charge in [-0.2, -0.15) is 0 Å². The highest BCUT2D eigenvalue weighted by Gasteiger charge is 2.37. The van der Waals surface area contributed by atoms with E-state index >= 15 is 0 Å². The number of benzene rings is 3. The summed E-state index contributed by atoms with van der Waals surface area (Å²) in [5.74, 6) is 0.713. The van der Waals surface area contributed by atoms with Gasteiger partial charge in [0.25, 0.3) is 0 Å². The average Bonchev–Trinajstić information content (AvgIpc) is 3.32. The number of aryl methyl sites for hydroxylation is 1. The summed E-state index contributed by atoms with van der Waals surface area (Å²) in [5, 5.41) is 13.5. The van der Waals surface area contributed by atoms with E-state index in [9.17, 15) is 23.1 Å². The Bertz CT molecular complexity index is 1520. The first-order valence-electron chi connectivity index (χ1n) is 12.6. The van der Waals surface area contributed by atoms with Crippen molar-refractivity contribution < 1.29 is 32.6 Å². The summed E-state index contributed by atoms with van der Waals surface area (Å²) in [4.78, 5) is 28.1. The van der Waals surface area contributed by atoms with Crippen molar-refractivity contribution in [3.63, 3.8) is 0 Å². The molecule has 2 aliphatic heterocycles. The Morgan fingerprint density at radius 3 is 2.54 bits per heavy atom. The van der Waals surface area contributed by atoms with Crippen LogP contribution in [0.5, 0.6) is 23.0 Å². The molecule has 10 heteroatoms. The fourth-order valence-corrected chi connectivity index (χ4v) is 5.72. The molecular formula is C29H30N2O7S. The molecule has 0 spiro atoms. The Kier molecular flexibility index (Phi) is 7.22. The van der Waals surface area contributed by atoms with Gasteiger partial charge in [0.1, 0.15) is 0 Å². The van der Waals surface area contributed by atoms with Gasteiger partial charge in [-0.3, -0.25) is 9.59 Å². The molecule has 0 saturated carbocycles. The van der Waals surface area contributed by atoms with E-state index in [2.05, 4.69) is 5.32 Å². The molecule has 1 fully saturated rings. The van der Waals surface area contributed by atoms with Crippen molar-refractivity contribution >= 4 is 21.7 Å². The third-order valence-electron chi connectivity index (χ3n) is 7.23. The molecule has 9 nitrogen and oxygen atoms in total. The quantitative estimate of drug-likeness (QED) is 0.512. The molecule has 2 heterocycles. The first-order valence-corrected chi connectivity index (χ1v) is 14.5.